The maximum Gasteiger partial charge on any atom is 0.262 e. The van der Waals surface area contributed by atoms with Crippen molar-refractivity contribution < 1.29 is 4.57 Å². The normalized spacial score (nSPS) is 13.9. The number of benzene rings is 2. The predicted octanol–water partition coefficient (Wildman–Crippen LogP) is 5.17. The van der Waals surface area contributed by atoms with Gasteiger partial charge in [-0.15, -0.1) is 0 Å². The Labute approximate surface area is 158 Å². The summed E-state index contributed by atoms with van der Waals surface area (Å²) in [7, 11) is 4.17. The van der Waals surface area contributed by atoms with Crippen LogP contribution in [0.3, 0.4) is 0 Å². The van der Waals surface area contributed by atoms with E-state index in [4.69, 9.17) is 0 Å². The molecule has 3 aromatic rings. The largest absolute Gasteiger partial charge is 0.357 e. The van der Waals surface area contributed by atoms with E-state index >= 15 is 0 Å². The number of nitrogens with zero attached hydrogens (tertiary/aromatic N) is 2. The van der Waals surface area contributed by atoms with Gasteiger partial charge in [0.25, 0.3) is 5.01 Å². The zero-order chi connectivity index (χ0) is 17.9. The number of rotatable bonds is 3. The summed E-state index contributed by atoms with van der Waals surface area (Å²) in [6.45, 7) is 0. The van der Waals surface area contributed by atoms with Crippen LogP contribution in [0.5, 0.6) is 0 Å². The predicted molar refractivity (Wildman–Crippen MR) is 111 cm³/mol. The molecule has 0 amide bonds. The summed E-state index contributed by atoms with van der Waals surface area (Å²) in [5.41, 5.74) is 4.93. The second-order valence-corrected chi connectivity index (χ2v) is 7.39. The molecule has 0 radical (unpaired) electrons. The van der Waals surface area contributed by atoms with Crippen LogP contribution < -0.4 is 4.57 Å². The molecule has 1 aliphatic heterocycles. The number of hydrogen-bond acceptors (Lipinski definition) is 2. The molecule has 0 aliphatic carbocycles. The van der Waals surface area contributed by atoms with Gasteiger partial charge in [-0.1, -0.05) is 53.8 Å². The number of allylic oxidation sites excluding steroid dienone is 5. The van der Waals surface area contributed by atoms with Gasteiger partial charge < -0.3 is 4.90 Å². The van der Waals surface area contributed by atoms with E-state index in [1.165, 1.54) is 31.9 Å². The summed E-state index contributed by atoms with van der Waals surface area (Å²) in [4.78, 5) is 2.06. The molecule has 4 rings (SSSR count). The number of para-hydroxylation sites is 1. The second-order valence-electron chi connectivity index (χ2n) is 6.33. The summed E-state index contributed by atoms with van der Waals surface area (Å²) in [6, 6.07) is 19.1. The van der Waals surface area contributed by atoms with E-state index in [2.05, 4.69) is 108 Å². The van der Waals surface area contributed by atoms with Gasteiger partial charge in [0.05, 0.1) is 0 Å². The lowest BCUT2D eigenvalue weighted by molar-refractivity contribution is -0.642. The van der Waals surface area contributed by atoms with Crippen molar-refractivity contribution in [2.75, 3.05) is 7.05 Å². The fraction of sp³-hybridized carbons (Fsp3) is 0.0870. The maximum absolute atomic E-state index is 2.25. The molecule has 0 saturated heterocycles. The van der Waals surface area contributed by atoms with E-state index < -0.39 is 0 Å². The highest BCUT2D eigenvalue weighted by Crippen LogP contribution is 2.26. The first-order valence-electron chi connectivity index (χ1n) is 8.66. The third kappa shape index (κ3) is 3.26. The molecule has 1 aliphatic rings. The Balaban J connectivity index is 1.79. The van der Waals surface area contributed by atoms with Crippen LogP contribution in [-0.4, -0.2) is 11.9 Å². The van der Waals surface area contributed by atoms with Gasteiger partial charge in [0, 0.05) is 31.6 Å². The molecule has 3 heteroatoms. The van der Waals surface area contributed by atoms with Crippen LogP contribution in [-0.2, 0) is 7.05 Å². The van der Waals surface area contributed by atoms with Crippen molar-refractivity contribution in [2.24, 2.45) is 7.05 Å². The highest BCUT2D eigenvalue weighted by atomic mass is 32.1. The molecule has 26 heavy (non-hydrogen) atoms. The lowest BCUT2D eigenvalue weighted by Gasteiger charge is -2.14. The number of aryl methyl sites for hydroxylation is 1. The Morgan fingerprint density at radius 1 is 0.962 bits per heavy atom. The van der Waals surface area contributed by atoms with Crippen LogP contribution in [0.1, 0.15) is 10.6 Å². The zero-order valence-electron chi connectivity index (χ0n) is 15.0. The lowest BCUT2D eigenvalue weighted by Crippen LogP contribution is -2.28. The van der Waals surface area contributed by atoms with Crippen molar-refractivity contribution >= 4 is 33.2 Å². The molecule has 2 heterocycles. The monoisotopic (exact) mass is 357 g/mol. The molecule has 0 atom stereocenters. The Bertz CT molecular complexity index is 1040. The third-order valence-corrected chi connectivity index (χ3v) is 5.72. The Kier molecular flexibility index (Phi) is 4.55. The van der Waals surface area contributed by atoms with Gasteiger partial charge in [-0.3, -0.25) is 0 Å². The SMILES string of the molecule is CN1C=CC(=C(/C=C/c2sc3ccccc3[n+]2C)c2ccccc2)C=C1. The Hall–Kier alpha value is -2.91. The Morgan fingerprint density at radius 2 is 1.65 bits per heavy atom. The van der Waals surface area contributed by atoms with E-state index in [0.717, 1.165) is 0 Å². The fourth-order valence-electron chi connectivity index (χ4n) is 3.08. The minimum absolute atomic E-state index is 1.22. The molecule has 0 unspecified atom stereocenters. The minimum atomic E-state index is 1.22. The van der Waals surface area contributed by atoms with E-state index in [0.29, 0.717) is 0 Å². The Morgan fingerprint density at radius 3 is 2.38 bits per heavy atom. The quantitative estimate of drug-likeness (QED) is 0.587. The molecule has 2 nitrogen and oxygen atoms in total. The van der Waals surface area contributed by atoms with Crippen LogP contribution in [0, 0.1) is 0 Å². The first kappa shape index (κ1) is 16.6. The van der Waals surface area contributed by atoms with Gasteiger partial charge in [-0.2, -0.15) is 4.57 Å². The summed E-state index contributed by atoms with van der Waals surface area (Å²) >= 11 is 1.82. The molecule has 0 fully saturated rings. The van der Waals surface area contributed by atoms with E-state index in [1.807, 2.05) is 18.4 Å². The minimum Gasteiger partial charge on any atom is -0.357 e. The van der Waals surface area contributed by atoms with Crippen molar-refractivity contribution in [3.05, 3.63) is 101 Å². The molecule has 0 spiro atoms. The van der Waals surface area contributed by atoms with Gasteiger partial charge in [-0.05, 0) is 41.0 Å². The number of fused-ring (bicyclic) bond motifs is 1. The van der Waals surface area contributed by atoms with E-state index in [9.17, 15) is 0 Å². The molecule has 0 N–H and O–H groups in total. The molecule has 2 aromatic carbocycles. The van der Waals surface area contributed by atoms with Crippen molar-refractivity contribution in [1.82, 2.24) is 4.90 Å². The first-order chi connectivity index (χ1) is 12.7. The smallest absolute Gasteiger partial charge is 0.262 e. The molecule has 0 saturated carbocycles. The molecule has 128 valence electrons. The van der Waals surface area contributed by atoms with Gasteiger partial charge in [0.15, 0.2) is 0 Å². The van der Waals surface area contributed by atoms with Crippen LogP contribution in [0.15, 0.2) is 90.8 Å². The number of aromatic nitrogens is 1. The molecule has 0 bridgehead atoms. The highest BCUT2D eigenvalue weighted by Gasteiger charge is 2.14. The average molecular weight is 358 g/mol. The summed E-state index contributed by atoms with van der Waals surface area (Å²) in [5, 5.41) is 1.24. The summed E-state index contributed by atoms with van der Waals surface area (Å²) < 4.78 is 3.56. The standard InChI is InChI=1S/C23H21N2S/c1-24-16-14-19(15-17-24)20(18-8-4-3-5-9-18)12-13-23-25(2)21-10-6-7-11-22(21)26-23/h3-17H,1-2H3/q+1. The summed E-state index contributed by atoms with van der Waals surface area (Å²) in [6.07, 6.45) is 13.0. The fourth-order valence-corrected chi connectivity index (χ4v) is 4.13. The van der Waals surface area contributed by atoms with Crippen molar-refractivity contribution in [3.8, 4) is 0 Å². The zero-order valence-corrected chi connectivity index (χ0v) is 15.8. The van der Waals surface area contributed by atoms with Crippen LogP contribution in [0.2, 0.25) is 0 Å². The third-order valence-electron chi connectivity index (χ3n) is 4.54. The lowest BCUT2D eigenvalue weighted by atomic mass is 9.98. The van der Waals surface area contributed by atoms with Crippen molar-refractivity contribution in [1.29, 1.82) is 0 Å². The van der Waals surface area contributed by atoms with Gasteiger partial charge >= 0.3 is 0 Å². The second kappa shape index (κ2) is 7.14. The van der Waals surface area contributed by atoms with Gasteiger partial charge in [0.1, 0.15) is 11.7 Å². The maximum atomic E-state index is 2.25. The number of thiazole rings is 1. The molecule has 1 aromatic heterocycles. The summed E-state index contributed by atoms with van der Waals surface area (Å²) in [5.74, 6) is 0. The molecular weight excluding hydrogens is 336 g/mol. The van der Waals surface area contributed by atoms with E-state index in [1.54, 1.807) is 0 Å². The van der Waals surface area contributed by atoms with E-state index in [-0.39, 0.29) is 0 Å². The van der Waals surface area contributed by atoms with Crippen LogP contribution >= 0.6 is 11.3 Å². The van der Waals surface area contributed by atoms with Gasteiger partial charge in [0.2, 0.25) is 5.52 Å². The van der Waals surface area contributed by atoms with Gasteiger partial charge in [-0.25, -0.2) is 0 Å². The topological polar surface area (TPSA) is 7.12 Å². The van der Waals surface area contributed by atoms with Crippen LogP contribution in [0.25, 0.3) is 21.9 Å². The van der Waals surface area contributed by atoms with Crippen LogP contribution in [0.4, 0.5) is 0 Å². The molecular formula is C23H21N2S+. The highest BCUT2D eigenvalue weighted by molar-refractivity contribution is 7.18. The number of hydrogen-bond donors (Lipinski definition) is 0. The van der Waals surface area contributed by atoms with Crippen molar-refractivity contribution in [3.63, 3.8) is 0 Å². The van der Waals surface area contributed by atoms with Crippen molar-refractivity contribution in [2.45, 2.75) is 0 Å². The average Bonchev–Trinajstić information content (AvgIpc) is 3.00. The first-order valence-corrected chi connectivity index (χ1v) is 9.48.